The molecule has 0 bridgehead atoms. The number of ether oxygens (including phenoxy) is 2. The van der Waals surface area contributed by atoms with E-state index in [9.17, 15) is 4.79 Å². The summed E-state index contributed by atoms with van der Waals surface area (Å²) in [6.45, 7) is 3.39. The summed E-state index contributed by atoms with van der Waals surface area (Å²) < 4.78 is 11.4. The molecular formula is C18H26N2O3. The van der Waals surface area contributed by atoms with Gasteiger partial charge < -0.3 is 20.1 Å². The first kappa shape index (κ1) is 16.3. The molecule has 5 nitrogen and oxygen atoms in total. The Morgan fingerprint density at radius 2 is 2.09 bits per heavy atom. The van der Waals surface area contributed by atoms with Crippen molar-refractivity contribution in [3.8, 4) is 5.75 Å². The third-order valence-electron chi connectivity index (χ3n) is 4.54. The quantitative estimate of drug-likeness (QED) is 0.846. The van der Waals surface area contributed by atoms with E-state index in [4.69, 9.17) is 9.47 Å². The highest BCUT2D eigenvalue weighted by atomic mass is 16.5. The summed E-state index contributed by atoms with van der Waals surface area (Å²) >= 11 is 0. The first-order valence-corrected chi connectivity index (χ1v) is 8.65. The standard InChI is InChI=1S/C18H26N2O3/c21-18(12-14-7-9-19-10-8-14)20-16-5-1-2-6-17(16)23-13-15-4-3-11-22-15/h1-2,5-6,14-15,19H,3-4,7-13H2,(H,20,21). The third-order valence-corrected chi connectivity index (χ3v) is 4.54. The Kier molecular flexibility index (Phi) is 5.88. The summed E-state index contributed by atoms with van der Waals surface area (Å²) in [5.74, 6) is 1.28. The summed E-state index contributed by atoms with van der Waals surface area (Å²) in [7, 11) is 0. The molecule has 2 saturated heterocycles. The normalized spacial score (nSPS) is 22.0. The third kappa shape index (κ3) is 4.94. The Labute approximate surface area is 137 Å². The van der Waals surface area contributed by atoms with Gasteiger partial charge in [0.05, 0.1) is 11.8 Å². The van der Waals surface area contributed by atoms with E-state index in [0.29, 0.717) is 18.9 Å². The zero-order valence-corrected chi connectivity index (χ0v) is 13.6. The molecule has 0 radical (unpaired) electrons. The van der Waals surface area contributed by atoms with Gasteiger partial charge in [0.1, 0.15) is 12.4 Å². The van der Waals surface area contributed by atoms with Crippen molar-refractivity contribution in [2.45, 2.75) is 38.2 Å². The lowest BCUT2D eigenvalue weighted by Crippen LogP contribution is -2.30. The molecule has 23 heavy (non-hydrogen) atoms. The maximum atomic E-state index is 12.3. The van der Waals surface area contributed by atoms with Crippen LogP contribution in [0.5, 0.6) is 5.75 Å². The van der Waals surface area contributed by atoms with Crippen molar-refractivity contribution in [2.75, 3.05) is 31.6 Å². The molecule has 1 amide bonds. The number of carbonyl (C=O) groups excluding carboxylic acids is 1. The van der Waals surface area contributed by atoms with Crippen molar-refractivity contribution in [1.82, 2.24) is 5.32 Å². The number of hydrogen-bond donors (Lipinski definition) is 2. The highest BCUT2D eigenvalue weighted by molar-refractivity contribution is 5.92. The Hall–Kier alpha value is -1.59. The van der Waals surface area contributed by atoms with E-state index in [1.807, 2.05) is 24.3 Å². The van der Waals surface area contributed by atoms with E-state index in [2.05, 4.69) is 10.6 Å². The number of carbonyl (C=O) groups is 1. The molecule has 2 aliphatic heterocycles. The molecular weight excluding hydrogens is 292 g/mol. The van der Waals surface area contributed by atoms with Crippen LogP contribution in [0.2, 0.25) is 0 Å². The molecule has 0 spiro atoms. The van der Waals surface area contributed by atoms with Crippen molar-refractivity contribution in [3.63, 3.8) is 0 Å². The number of amides is 1. The summed E-state index contributed by atoms with van der Waals surface area (Å²) in [4.78, 5) is 12.3. The smallest absolute Gasteiger partial charge is 0.224 e. The molecule has 2 heterocycles. The number of para-hydroxylation sites is 2. The molecule has 126 valence electrons. The van der Waals surface area contributed by atoms with Gasteiger partial charge in [0.25, 0.3) is 0 Å². The van der Waals surface area contributed by atoms with Gasteiger partial charge in [0.2, 0.25) is 5.91 Å². The predicted molar refractivity (Wildman–Crippen MR) is 89.8 cm³/mol. The fourth-order valence-corrected chi connectivity index (χ4v) is 3.20. The fraction of sp³-hybridized carbons (Fsp3) is 0.611. The van der Waals surface area contributed by atoms with Gasteiger partial charge >= 0.3 is 0 Å². The van der Waals surface area contributed by atoms with Crippen molar-refractivity contribution in [1.29, 1.82) is 0 Å². The monoisotopic (exact) mass is 318 g/mol. The largest absolute Gasteiger partial charge is 0.489 e. The van der Waals surface area contributed by atoms with E-state index in [-0.39, 0.29) is 12.0 Å². The van der Waals surface area contributed by atoms with E-state index in [1.54, 1.807) is 0 Å². The first-order valence-electron chi connectivity index (χ1n) is 8.65. The molecule has 1 atom stereocenters. The fourth-order valence-electron chi connectivity index (χ4n) is 3.20. The zero-order valence-electron chi connectivity index (χ0n) is 13.6. The number of rotatable bonds is 6. The maximum absolute atomic E-state index is 12.3. The number of piperidine rings is 1. The van der Waals surface area contributed by atoms with Gasteiger partial charge in [-0.2, -0.15) is 0 Å². The minimum atomic E-state index is 0.0741. The van der Waals surface area contributed by atoms with E-state index in [0.717, 1.165) is 56.8 Å². The predicted octanol–water partition coefficient (Wildman–Crippen LogP) is 2.57. The van der Waals surface area contributed by atoms with Crippen LogP contribution in [0.3, 0.4) is 0 Å². The molecule has 2 fully saturated rings. The van der Waals surface area contributed by atoms with Gasteiger partial charge in [-0.25, -0.2) is 0 Å². The minimum absolute atomic E-state index is 0.0741. The van der Waals surface area contributed by atoms with Gasteiger partial charge in [-0.3, -0.25) is 4.79 Å². The number of anilines is 1. The van der Waals surface area contributed by atoms with Crippen LogP contribution in [-0.4, -0.2) is 38.3 Å². The zero-order chi connectivity index (χ0) is 15.9. The average Bonchev–Trinajstić information content (AvgIpc) is 3.08. The van der Waals surface area contributed by atoms with Crippen LogP contribution < -0.4 is 15.4 Å². The maximum Gasteiger partial charge on any atom is 0.224 e. The summed E-state index contributed by atoms with van der Waals surface area (Å²) in [6.07, 6.45) is 5.05. The van der Waals surface area contributed by atoms with Crippen molar-refractivity contribution < 1.29 is 14.3 Å². The molecule has 1 unspecified atom stereocenters. The van der Waals surface area contributed by atoms with Crippen LogP contribution in [0.25, 0.3) is 0 Å². The van der Waals surface area contributed by atoms with Crippen LogP contribution in [0.4, 0.5) is 5.69 Å². The molecule has 2 aliphatic rings. The van der Waals surface area contributed by atoms with E-state index < -0.39 is 0 Å². The van der Waals surface area contributed by atoms with Crippen molar-refractivity contribution in [3.05, 3.63) is 24.3 Å². The average molecular weight is 318 g/mol. The Morgan fingerprint density at radius 3 is 2.87 bits per heavy atom. The van der Waals surface area contributed by atoms with Crippen LogP contribution in [0.15, 0.2) is 24.3 Å². The highest BCUT2D eigenvalue weighted by Gasteiger charge is 2.19. The molecule has 0 saturated carbocycles. The van der Waals surface area contributed by atoms with E-state index >= 15 is 0 Å². The van der Waals surface area contributed by atoms with Crippen LogP contribution in [-0.2, 0) is 9.53 Å². The summed E-state index contributed by atoms with van der Waals surface area (Å²) in [5.41, 5.74) is 0.754. The molecule has 0 aliphatic carbocycles. The molecule has 1 aromatic rings. The second-order valence-corrected chi connectivity index (χ2v) is 6.39. The lowest BCUT2D eigenvalue weighted by Gasteiger charge is -2.22. The van der Waals surface area contributed by atoms with Gasteiger partial charge in [-0.15, -0.1) is 0 Å². The van der Waals surface area contributed by atoms with Crippen LogP contribution >= 0.6 is 0 Å². The van der Waals surface area contributed by atoms with Gasteiger partial charge in [0.15, 0.2) is 0 Å². The van der Waals surface area contributed by atoms with Gasteiger partial charge in [-0.1, -0.05) is 12.1 Å². The Morgan fingerprint density at radius 1 is 1.26 bits per heavy atom. The number of benzene rings is 1. The highest BCUT2D eigenvalue weighted by Crippen LogP contribution is 2.26. The molecule has 5 heteroatoms. The summed E-state index contributed by atoms with van der Waals surface area (Å²) in [5, 5.41) is 6.33. The second-order valence-electron chi connectivity index (χ2n) is 6.39. The minimum Gasteiger partial charge on any atom is -0.489 e. The Bertz CT molecular complexity index is 509. The van der Waals surface area contributed by atoms with Crippen molar-refractivity contribution >= 4 is 11.6 Å². The summed E-state index contributed by atoms with van der Waals surface area (Å²) in [6, 6.07) is 7.63. The Balaban J connectivity index is 1.52. The van der Waals surface area contributed by atoms with Crippen LogP contribution in [0.1, 0.15) is 32.1 Å². The number of hydrogen-bond acceptors (Lipinski definition) is 4. The molecule has 3 rings (SSSR count). The van der Waals surface area contributed by atoms with Crippen molar-refractivity contribution in [2.24, 2.45) is 5.92 Å². The van der Waals surface area contributed by atoms with Crippen LogP contribution in [0, 0.1) is 5.92 Å². The molecule has 1 aromatic carbocycles. The number of nitrogens with one attached hydrogen (secondary N) is 2. The molecule has 0 aromatic heterocycles. The topological polar surface area (TPSA) is 59.6 Å². The van der Waals surface area contributed by atoms with Gasteiger partial charge in [-0.05, 0) is 56.8 Å². The second kappa shape index (κ2) is 8.31. The lowest BCUT2D eigenvalue weighted by molar-refractivity contribution is -0.117. The first-order chi connectivity index (χ1) is 11.3. The van der Waals surface area contributed by atoms with Gasteiger partial charge in [0, 0.05) is 13.0 Å². The molecule has 2 N–H and O–H groups in total. The van der Waals surface area contributed by atoms with E-state index in [1.165, 1.54) is 0 Å². The lowest BCUT2D eigenvalue weighted by atomic mass is 9.94. The SMILES string of the molecule is O=C(CC1CCNCC1)Nc1ccccc1OCC1CCCO1.